The van der Waals surface area contributed by atoms with Gasteiger partial charge in [0.15, 0.2) is 0 Å². The van der Waals surface area contributed by atoms with Crippen LogP contribution in [0.2, 0.25) is 0 Å². The van der Waals surface area contributed by atoms with E-state index in [1.807, 2.05) is 42.8 Å². The number of hydrogen-bond donors (Lipinski definition) is 2. The topological polar surface area (TPSA) is 63.1 Å². The van der Waals surface area contributed by atoms with Gasteiger partial charge in [-0.05, 0) is 38.4 Å². The summed E-state index contributed by atoms with van der Waals surface area (Å²) >= 11 is 0. The summed E-state index contributed by atoms with van der Waals surface area (Å²) in [5.41, 5.74) is 1.71. The quantitative estimate of drug-likeness (QED) is 0.889. The number of nitrogens with one attached hydrogen (secondary N) is 2. The molecule has 2 N–H and O–H groups in total. The predicted molar refractivity (Wildman–Crippen MR) is 91.1 cm³/mol. The summed E-state index contributed by atoms with van der Waals surface area (Å²) in [5.74, 6) is 0.384. The number of rotatable bonds is 4. The van der Waals surface area contributed by atoms with Gasteiger partial charge in [0.1, 0.15) is 4.90 Å². The number of hydrogen-bond acceptors (Lipinski definition) is 3. The van der Waals surface area contributed by atoms with Gasteiger partial charge in [-0.3, -0.25) is 0 Å². The molecule has 1 aliphatic heterocycles. The zero-order valence-corrected chi connectivity index (χ0v) is 14.4. The second-order valence-corrected chi connectivity index (χ2v) is 7.41. The average Bonchev–Trinajstić information content (AvgIpc) is 3.06. The first-order chi connectivity index (χ1) is 10.0. The smallest absolute Gasteiger partial charge is 0.242 e. The third-order valence-corrected chi connectivity index (χ3v) is 5.93. The summed E-state index contributed by atoms with van der Waals surface area (Å²) < 4.78 is 30.1. The van der Waals surface area contributed by atoms with Crippen molar-refractivity contribution >= 4 is 33.3 Å². The van der Waals surface area contributed by atoms with Gasteiger partial charge in [-0.25, -0.2) is 13.1 Å². The van der Waals surface area contributed by atoms with Crippen molar-refractivity contribution in [2.45, 2.75) is 18.2 Å². The molecule has 2 aromatic rings. The van der Waals surface area contributed by atoms with E-state index < -0.39 is 10.0 Å². The standard InChI is InChI=1S/C15H21N3O2S.ClH/c1-11-15(13-5-3-4-6-14(13)18(11)2)21(19,20)17-10-12-7-8-16-9-12;/h3-6,12,16-17H,7-10H2,1-2H3;1H. The Morgan fingerprint density at radius 1 is 1.36 bits per heavy atom. The molecule has 0 radical (unpaired) electrons. The van der Waals surface area contributed by atoms with Crippen molar-refractivity contribution in [2.75, 3.05) is 19.6 Å². The van der Waals surface area contributed by atoms with Gasteiger partial charge in [0.2, 0.25) is 10.0 Å². The minimum absolute atomic E-state index is 0. The van der Waals surface area contributed by atoms with Crippen LogP contribution in [-0.4, -0.2) is 32.6 Å². The molecule has 0 amide bonds. The van der Waals surface area contributed by atoms with Crippen LogP contribution in [0.5, 0.6) is 0 Å². The molecule has 2 heterocycles. The fraction of sp³-hybridized carbons (Fsp3) is 0.467. The van der Waals surface area contributed by atoms with E-state index in [1.165, 1.54) is 0 Å². The number of para-hydroxylation sites is 1. The lowest BCUT2D eigenvalue weighted by atomic mass is 10.1. The molecule has 122 valence electrons. The number of fused-ring (bicyclic) bond motifs is 1. The van der Waals surface area contributed by atoms with Crippen molar-refractivity contribution in [3.8, 4) is 0 Å². The molecule has 1 saturated heterocycles. The van der Waals surface area contributed by atoms with E-state index in [2.05, 4.69) is 10.0 Å². The van der Waals surface area contributed by atoms with E-state index >= 15 is 0 Å². The molecule has 1 fully saturated rings. The van der Waals surface area contributed by atoms with E-state index in [9.17, 15) is 8.42 Å². The van der Waals surface area contributed by atoms with Crippen LogP contribution >= 0.6 is 12.4 Å². The van der Waals surface area contributed by atoms with Crippen LogP contribution in [-0.2, 0) is 17.1 Å². The molecule has 0 spiro atoms. The molecular weight excluding hydrogens is 322 g/mol. The molecule has 1 aromatic carbocycles. The van der Waals surface area contributed by atoms with Crippen LogP contribution in [0.4, 0.5) is 0 Å². The molecule has 3 rings (SSSR count). The second-order valence-electron chi connectivity index (χ2n) is 5.70. The lowest BCUT2D eigenvalue weighted by molar-refractivity contribution is 0.538. The molecule has 0 aliphatic carbocycles. The zero-order valence-electron chi connectivity index (χ0n) is 12.8. The first-order valence-electron chi connectivity index (χ1n) is 7.25. The molecule has 5 nitrogen and oxygen atoms in total. The summed E-state index contributed by atoms with van der Waals surface area (Å²) in [6, 6.07) is 7.62. The van der Waals surface area contributed by atoms with Gasteiger partial charge in [0.05, 0.1) is 0 Å². The number of nitrogens with zero attached hydrogens (tertiary/aromatic N) is 1. The van der Waals surface area contributed by atoms with Crippen LogP contribution in [0.25, 0.3) is 10.9 Å². The van der Waals surface area contributed by atoms with Gasteiger partial charge in [-0.15, -0.1) is 12.4 Å². The van der Waals surface area contributed by atoms with Crippen molar-refractivity contribution in [3.63, 3.8) is 0 Å². The molecule has 0 saturated carbocycles. The summed E-state index contributed by atoms with van der Waals surface area (Å²) in [4.78, 5) is 0.409. The molecule has 1 aromatic heterocycles. The van der Waals surface area contributed by atoms with Crippen molar-refractivity contribution < 1.29 is 8.42 Å². The molecule has 1 atom stereocenters. The van der Waals surface area contributed by atoms with E-state index in [0.29, 0.717) is 17.4 Å². The first kappa shape index (κ1) is 17.3. The number of aryl methyl sites for hydroxylation is 1. The lowest BCUT2D eigenvalue weighted by Crippen LogP contribution is -2.30. The highest BCUT2D eigenvalue weighted by Gasteiger charge is 2.25. The minimum Gasteiger partial charge on any atom is -0.347 e. The third-order valence-electron chi connectivity index (χ3n) is 4.33. The monoisotopic (exact) mass is 343 g/mol. The lowest BCUT2D eigenvalue weighted by Gasteiger charge is -2.11. The molecule has 22 heavy (non-hydrogen) atoms. The fourth-order valence-electron chi connectivity index (χ4n) is 3.01. The largest absolute Gasteiger partial charge is 0.347 e. The maximum atomic E-state index is 12.7. The Balaban J connectivity index is 0.00000176. The minimum atomic E-state index is -3.48. The number of sulfonamides is 1. The van der Waals surface area contributed by atoms with Crippen LogP contribution < -0.4 is 10.0 Å². The first-order valence-corrected chi connectivity index (χ1v) is 8.73. The third kappa shape index (κ3) is 3.01. The number of aromatic nitrogens is 1. The summed E-state index contributed by atoms with van der Waals surface area (Å²) in [5, 5.41) is 4.04. The average molecular weight is 344 g/mol. The van der Waals surface area contributed by atoms with Crippen molar-refractivity contribution in [3.05, 3.63) is 30.0 Å². The fourth-order valence-corrected chi connectivity index (χ4v) is 4.60. The van der Waals surface area contributed by atoms with Gasteiger partial charge < -0.3 is 9.88 Å². The Morgan fingerprint density at radius 2 is 2.09 bits per heavy atom. The Kier molecular flexibility index (Phi) is 5.17. The number of benzene rings is 1. The second kappa shape index (κ2) is 6.58. The Bertz CT molecular complexity index is 764. The van der Waals surface area contributed by atoms with Crippen LogP contribution in [0.3, 0.4) is 0 Å². The Hall–Kier alpha value is -1.08. The highest BCUT2D eigenvalue weighted by molar-refractivity contribution is 7.89. The highest BCUT2D eigenvalue weighted by atomic mass is 35.5. The maximum Gasteiger partial charge on any atom is 0.242 e. The number of halogens is 1. The van der Waals surface area contributed by atoms with E-state index in [1.54, 1.807) is 0 Å². The van der Waals surface area contributed by atoms with Crippen LogP contribution in [0, 0.1) is 12.8 Å². The summed E-state index contributed by atoms with van der Waals surface area (Å²) in [6.07, 6.45) is 1.02. The van der Waals surface area contributed by atoms with Gasteiger partial charge in [-0.1, -0.05) is 18.2 Å². The maximum absolute atomic E-state index is 12.7. The van der Waals surface area contributed by atoms with E-state index in [4.69, 9.17) is 0 Å². The van der Waals surface area contributed by atoms with Gasteiger partial charge in [0, 0.05) is 30.2 Å². The normalized spacial score (nSPS) is 18.5. The molecule has 1 unspecified atom stereocenters. The highest BCUT2D eigenvalue weighted by Crippen LogP contribution is 2.28. The van der Waals surface area contributed by atoms with Crippen molar-refractivity contribution in [2.24, 2.45) is 13.0 Å². The van der Waals surface area contributed by atoms with E-state index in [-0.39, 0.29) is 12.4 Å². The molecule has 0 bridgehead atoms. The van der Waals surface area contributed by atoms with Crippen molar-refractivity contribution in [1.29, 1.82) is 0 Å². The van der Waals surface area contributed by atoms with Gasteiger partial charge in [-0.2, -0.15) is 0 Å². The van der Waals surface area contributed by atoms with Gasteiger partial charge in [0.25, 0.3) is 0 Å². The Labute approximate surface area is 137 Å². The molecule has 1 aliphatic rings. The SMILES string of the molecule is Cc1c(S(=O)(=O)NCC2CCNC2)c2ccccc2n1C.Cl. The summed E-state index contributed by atoms with van der Waals surface area (Å²) in [6.45, 7) is 4.21. The van der Waals surface area contributed by atoms with Gasteiger partial charge >= 0.3 is 0 Å². The molecule has 7 heteroatoms. The molecular formula is C15H22ClN3O2S. The van der Waals surface area contributed by atoms with E-state index in [0.717, 1.165) is 36.1 Å². The van der Waals surface area contributed by atoms with Crippen molar-refractivity contribution in [1.82, 2.24) is 14.6 Å². The Morgan fingerprint density at radius 3 is 2.77 bits per heavy atom. The van der Waals surface area contributed by atoms with Crippen LogP contribution in [0.1, 0.15) is 12.1 Å². The predicted octanol–water partition coefficient (Wildman–Crippen LogP) is 1.80. The van der Waals surface area contributed by atoms with Crippen LogP contribution in [0.15, 0.2) is 29.2 Å². The zero-order chi connectivity index (χ0) is 15.0. The summed E-state index contributed by atoms with van der Waals surface area (Å²) in [7, 11) is -1.58.